The van der Waals surface area contributed by atoms with Gasteiger partial charge in [-0.25, -0.2) is 13.4 Å². The molecule has 1 fully saturated rings. The van der Waals surface area contributed by atoms with Crippen molar-refractivity contribution in [3.8, 4) is 17.0 Å². The van der Waals surface area contributed by atoms with Crippen molar-refractivity contribution in [1.82, 2.24) is 9.29 Å². The molecule has 35 heavy (non-hydrogen) atoms. The number of anilines is 1. The van der Waals surface area contributed by atoms with Crippen molar-refractivity contribution in [2.45, 2.75) is 56.9 Å². The second kappa shape index (κ2) is 10.9. The maximum atomic E-state index is 13.9. The van der Waals surface area contributed by atoms with Crippen molar-refractivity contribution in [2.75, 3.05) is 19.0 Å². The van der Waals surface area contributed by atoms with Gasteiger partial charge in [-0.15, -0.1) is 11.3 Å². The second-order valence-electron chi connectivity index (χ2n) is 8.88. The van der Waals surface area contributed by atoms with Gasteiger partial charge in [0.25, 0.3) is 0 Å². The molecular weight excluding hydrogens is 482 g/mol. The molecule has 186 valence electrons. The molecule has 4 rings (SSSR count). The average molecular weight is 514 g/mol. The Morgan fingerprint density at radius 3 is 2.60 bits per heavy atom. The van der Waals surface area contributed by atoms with Crippen LogP contribution in [0.3, 0.4) is 0 Å². The van der Waals surface area contributed by atoms with Gasteiger partial charge < -0.3 is 10.1 Å². The van der Waals surface area contributed by atoms with E-state index in [2.05, 4.69) is 10.3 Å². The summed E-state index contributed by atoms with van der Waals surface area (Å²) in [5, 5.41) is 5.83. The van der Waals surface area contributed by atoms with Crippen LogP contribution >= 0.6 is 11.3 Å². The molecule has 2 aromatic carbocycles. The Labute approximate surface area is 211 Å². The third-order valence-electron chi connectivity index (χ3n) is 6.25. The Hall–Kier alpha value is -2.75. The van der Waals surface area contributed by atoms with Crippen LogP contribution in [0.15, 0.2) is 52.7 Å². The Morgan fingerprint density at radius 2 is 1.91 bits per heavy atom. The molecule has 1 saturated carbocycles. The lowest BCUT2D eigenvalue weighted by Gasteiger charge is -2.33. The van der Waals surface area contributed by atoms with Gasteiger partial charge in [-0.1, -0.05) is 37.5 Å². The predicted octanol–water partition coefficient (Wildman–Crippen LogP) is 5.40. The van der Waals surface area contributed by atoms with E-state index < -0.39 is 10.0 Å². The Bertz CT molecular complexity index is 1300. The SMILES string of the molecule is COc1ccc(C)cc1S(=O)(=O)N(CC(=O)Nc1cccc(-c2csc(C)n2)c1)C1CCCCC1. The largest absolute Gasteiger partial charge is 0.495 e. The summed E-state index contributed by atoms with van der Waals surface area (Å²) >= 11 is 1.57. The fraction of sp³-hybridized carbons (Fsp3) is 0.385. The van der Waals surface area contributed by atoms with E-state index in [9.17, 15) is 13.2 Å². The van der Waals surface area contributed by atoms with Crippen molar-refractivity contribution >= 4 is 33.0 Å². The number of amides is 1. The molecule has 0 saturated heterocycles. The summed E-state index contributed by atoms with van der Waals surface area (Å²) in [5.74, 6) is -0.0968. The highest BCUT2D eigenvalue weighted by Crippen LogP contribution is 2.33. The topological polar surface area (TPSA) is 88.6 Å². The molecule has 0 aliphatic heterocycles. The molecule has 0 unspecified atom stereocenters. The number of rotatable bonds is 8. The summed E-state index contributed by atoms with van der Waals surface area (Å²) in [5.41, 5.74) is 3.16. The highest BCUT2D eigenvalue weighted by molar-refractivity contribution is 7.89. The molecule has 1 N–H and O–H groups in total. The Kier molecular flexibility index (Phi) is 7.88. The maximum absolute atomic E-state index is 13.9. The van der Waals surface area contributed by atoms with Gasteiger partial charge in [0, 0.05) is 22.7 Å². The van der Waals surface area contributed by atoms with E-state index in [4.69, 9.17) is 4.74 Å². The molecule has 0 spiro atoms. The summed E-state index contributed by atoms with van der Waals surface area (Å²) < 4.78 is 34.4. The fourth-order valence-corrected chi connectivity index (χ4v) is 6.99. The first-order valence-electron chi connectivity index (χ1n) is 11.8. The van der Waals surface area contributed by atoms with Crippen LogP contribution in [-0.4, -0.2) is 43.3 Å². The number of aryl methyl sites for hydroxylation is 2. The first-order chi connectivity index (χ1) is 16.8. The van der Waals surface area contributed by atoms with Crippen molar-refractivity contribution in [3.63, 3.8) is 0 Å². The summed E-state index contributed by atoms with van der Waals surface area (Å²) in [6, 6.07) is 12.3. The van der Waals surface area contributed by atoms with Gasteiger partial charge in [0.2, 0.25) is 15.9 Å². The van der Waals surface area contributed by atoms with Crippen LogP contribution < -0.4 is 10.1 Å². The third-order valence-corrected chi connectivity index (χ3v) is 8.94. The van der Waals surface area contributed by atoms with Crippen molar-refractivity contribution < 1.29 is 17.9 Å². The van der Waals surface area contributed by atoms with Gasteiger partial charge in [-0.2, -0.15) is 4.31 Å². The number of sulfonamides is 1. The molecule has 1 aliphatic rings. The molecule has 0 radical (unpaired) electrons. The Balaban J connectivity index is 1.60. The molecule has 1 heterocycles. The molecule has 0 atom stereocenters. The normalized spacial score (nSPS) is 14.7. The predicted molar refractivity (Wildman–Crippen MR) is 139 cm³/mol. The van der Waals surface area contributed by atoms with Crippen LogP contribution in [-0.2, 0) is 14.8 Å². The molecule has 7 nitrogen and oxygen atoms in total. The van der Waals surface area contributed by atoms with Crippen LogP contribution in [0.25, 0.3) is 11.3 Å². The maximum Gasteiger partial charge on any atom is 0.247 e. The summed E-state index contributed by atoms with van der Waals surface area (Å²) in [7, 11) is -2.51. The van der Waals surface area contributed by atoms with Gasteiger partial charge in [0.1, 0.15) is 10.6 Å². The van der Waals surface area contributed by atoms with Crippen LogP contribution in [0.1, 0.15) is 42.7 Å². The lowest BCUT2D eigenvalue weighted by atomic mass is 9.95. The van der Waals surface area contributed by atoms with Gasteiger partial charge in [-0.3, -0.25) is 4.79 Å². The van der Waals surface area contributed by atoms with Gasteiger partial charge >= 0.3 is 0 Å². The van der Waals surface area contributed by atoms with E-state index in [1.165, 1.54) is 11.4 Å². The lowest BCUT2D eigenvalue weighted by Crippen LogP contribution is -2.45. The second-order valence-corrected chi connectivity index (χ2v) is 11.8. The summed E-state index contributed by atoms with van der Waals surface area (Å²) in [4.78, 5) is 17.8. The van der Waals surface area contributed by atoms with Gasteiger partial charge in [0.05, 0.1) is 24.4 Å². The minimum absolute atomic E-state index is 0.0965. The van der Waals surface area contributed by atoms with Crippen LogP contribution in [0.2, 0.25) is 0 Å². The number of hydrogen-bond acceptors (Lipinski definition) is 6. The Morgan fingerprint density at radius 1 is 1.14 bits per heavy atom. The number of thiazole rings is 1. The van der Waals surface area contributed by atoms with E-state index in [0.717, 1.165) is 53.9 Å². The molecule has 9 heteroatoms. The summed E-state index contributed by atoms with van der Waals surface area (Å²) in [6.07, 6.45) is 4.43. The average Bonchev–Trinajstić information content (AvgIpc) is 3.29. The molecule has 0 bridgehead atoms. The van der Waals surface area contributed by atoms with Crippen molar-refractivity contribution in [1.29, 1.82) is 0 Å². The number of methoxy groups -OCH3 is 1. The highest BCUT2D eigenvalue weighted by Gasteiger charge is 2.35. The zero-order valence-electron chi connectivity index (χ0n) is 20.3. The minimum atomic E-state index is -3.96. The van der Waals surface area contributed by atoms with Gasteiger partial charge in [-0.05, 0) is 56.5 Å². The number of nitrogens with zero attached hydrogens (tertiary/aromatic N) is 2. The van der Waals surface area contributed by atoms with E-state index in [0.29, 0.717) is 5.69 Å². The molecule has 1 aromatic heterocycles. The quantitative estimate of drug-likeness (QED) is 0.436. The molecule has 1 amide bonds. The monoisotopic (exact) mass is 513 g/mol. The fourth-order valence-electron chi connectivity index (χ4n) is 4.49. The standard InChI is InChI=1S/C26H31N3O4S2/c1-18-12-13-24(33-3)25(14-18)35(31,32)29(22-10-5-4-6-11-22)16-26(30)28-21-9-7-8-20(15-21)23-17-34-19(2)27-23/h7-9,12-15,17,22H,4-6,10-11,16H2,1-3H3,(H,28,30). The number of hydrogen-bond donors (Lipinski definition) is 1. The third kappa shape index (κ3) is 5.91. The zero-order chi connectivity index (χ0) is 25.0. The highest BCUT2D eigenvalue weighted by atomic mass is 32.2. The number of ether oxygens (including phenoxy) is 1. The smallest absolute Gasteiger partial charge is 0.247 e. The van der Waals surface area contributed by atoms with Crippen LogP contribution in [0.5, 0.6) is 5.75 Å². The number of nitrogens with one attached hydrogen (secondary N) is 1. The van der Waals surface area contributed by atoms with Crippen LogP contribution in [0, 0.1) is 13.8 Å². The van der Waals surface area contributed by atoms with E-state index in [1.54, 1.807) is 29.5 Å². The number of aromatic nitrogens is 1. The van der Waals surface area contributed by atoms with Gasteiger partial charge in [0.15, 0.2) is 0 Å². The van der Waals surface area contributed by atoms with Crippen molar-refractivity contribution in [3.05, 3.63) is 58.4 Å². The zero-order valence-corrected chi connectivity index (χ0v) is 21.9. The molecule has 3 aromatic rings. The first kappa shape index (κ1) is 25.3. The lowest BCUT2D eigenvalue weighted by molar-refractivity contribution is -0.116. The van der Waals surface area contributed by atoms with E-state index >= 15 is 0 Å². The van der Waals surface area contributed by atoms with E-state index in [1.807, 2.05) is 43.5 Å². The first-order valence-corrected chi connectivity index (χ1v) is 14.1. The van der Waals surface area contributed by atoms with E-state index in [-0.39, 0.29) is 29.1 Å². The summed E-state index contributed by atoms with van der Waals surface area (Å²) in [6.45, 7) is 3.53. The number of carbonyl (C=O) groups is 1. The molecular formula is C26H31N3O4S2. The van der Waals surface area contributed by atoms with Crippen LogP contribution in [0.4, 0.5) is 5.69 Å². The number of carbonyl (C=O) groups excluding carboxylic acids is 1. The van der Waals surface area contributed by atoms with Crippen molar-refractivity contribution in [2.24, 2.45) is 0 Å². The molecule has 1 aliphatic carbocycles. The number of benzene rings is 2. The minimum Gasteiger partial charge on any atom is -0.495 e.